The number of nitrogens with one attached hydrogen (secondary N) is 1. The third kappa shape index (κ3) is 1.92. The van der Waals surface area contributed by atoms with Crippen LogP contribution in [0, 0.1) is 11.1 Å². The van der Waals surface area contributed by atoms with Crippen molar-refractivity contribution in [1.82, 2.24) is 0 Å². The highest BCUT2D eigenvalue weighted by Crippen LogP contribution is 2.49. The van der Waals surface area contributed by atoms with Crippen LogP contribution in [-0.4, -0.2) is 18.1 Å². The molecule has 1 saturated heterocycles. The highest BCUT2D eigenvalue weighted by atomic mass is 35.5. The van der Waals surface area contributed by atoms with Crippen molar-refractivity contribution in [3.63, 3.8) is 0 Å². The third-order valence-corrected chi connectivity index (χ3v) is 5.36. The lowest BCUT2D eigenvalue weighted by Crippen LogP contribution is -3.15. The van der Waals surface area contributed by atoms with E-state index in [1.165, 1.54) is 17.5 Å². The molecule has 110 valence electrons. The maximum absolute atomic E-state index is 12.2. The van der Waals surface area contributed by atoms with Crippen LogP contribution in [0.4, 0.5) is 0 Å². The average molecular weight is 296 g/mol. The minimum atomic E-state index is 0. The second-order valence-electron chi connectivity index (χ2n) is 6.06. The monoisotopic (exact) mass is 295 g/mol. The molecule has 4 atom stereocenters. The normalized spacial score (nSPS) is 37.0. The molecule has 1 aromatic rings. The largest absolute Gasteiger partial charge is 0.634 e. The van der Waals surface area contributed by atoms with E-state index in [2.05, 4.69) is 36.4 Å². The highest BCUT2D eigenvalue weighted by Gasteiger charge is 2.53. The van der Waals surface area contributed by atoms with Gasteiger partial charge in [-0.1, -0.05) is 36.4 Å². The summed E-state index contributed by atoms with van der Waals surface area (Å²) in [6.45, 7) is 0.778. The van der Waals surface area contributed by atoms with Crippen LogP contribution in [0.3, 0.4) is 0 Å². The molecule has 4 rings (SSSR count). The van der Waals surface area contributed by atoms with Gasteiger partial charge in [0.05, 0.1) is 12.6 Å². The van der Waals surface area contributed by atoms with Crippen molar-refractivity contribution < 1.29 is 10.5 Å². The SMILES string of the molecule is Cl.O.[O-][NH+]1CC[C@]23C=CCC[C@H]2[C@H]1Cc1ccccc13. The summed E-state index contributed by atoms with van der Waals surface area (Å²) >= 11 is 0. The molecule has 0 aromatic heterocycles. The van der Waals surface area contributed by atoms with E-state index in [9.17, 15) is 5.21 Å². The van der Waals surface area contributed by atoms with Gasteiger partial charge in [0.2, 0.25) is 0 Å². The fraction of sp³-hybridized carbons (Fsp3) is 0.500. The fourth-order valence-corrected chi connectivity index (χ4v) is 4.59. The molecule has 0 spiro atoms. The smallest absolute Gasteiger partial charge is 0.0953 e. The van der Waals surface area contributed by atoms with Gasteiger partial charge in [-0.3, -0.25) is 0 Å². The maximum Gasteiger partial charge on any atom is 0.0953 e. The van der Waals surface area contributed by atoms with Gasteiger partial charge in [-0.05, 0) is 24.0 Å². The average Bonchev–Trinajstić information content (AvgIpc) is 2.43. The van der Waals surface area contributed by atoms with Gasteiger partial charge in [-0.15, -0.1) is 12.4 Å². The van der Waals surface area contributed by atoms with E-state index in [4.69, 9.17) is 0 Å². The summed E-state index contributed by atoms with van der Waals surface area (Å²) in [5, 5.41) is 12.8. The van der Waals surface area contributed by atoms with Gasteiger partial charge in [0.25, 0.3) is 0 Å². The first-order chi connectivity index (χ1) is 8.81. The van der Waals surface area contributed by atoms with E-state index in [0.29, 0.717) is 17.0 Å². The number of rotatable bonds is 0. The molecule has 1 heterocycles. The number of hydrogen-bond acceptors (Lipinski definition) is 1. The van der Waals surface area contributed by atoms with Crippen LogP contribution in [0.2, 0.25) is 0 Å². The van der Waals surface area contributed by atoms with Crippen molar-refractivity contribution in [3.05, 3.63) is 52.8 Å². The molecule has 4 heteroatoms. The molecule has 3 aliphatic rings. The molecule has 3 N–H and O–H groups in total. The number of piperidine rings is 1. The number of halogens is 1. The van der Waals surface area contributed by atoms with Crippen molar-refractivity contribution in [3.8, 4) is 0 Å². The molecule has 1 aliphatic heterocycles. The maximum atomic E-state index is 12.2. The van der Waals surface area contributed by atoms with Crippen LogP contribution in [0.25, 0.3) is 0 Å². The van der Waals surface area contributed by atoms with E-state index in [1.807, 2.05) is 0 Å². The number of hydroxylamine groups is 2. The molecule has 2 aliphatic carbocycles. The lowest BCUT2D eigenvalue weighted by Gasteiger charge is -2.56. The molecular formula is C16H22ClNO2. The standard InChI is InChI=1S/C16H19NO.ClH.H2O/c18-17-10-9-16-8-4-3-7-14(16)15(17)11-12-5-1-2-6-13(12)16;;/h1-2,4-6,8,14-15,17H,3,7,9-11H2;1H;1H2/t14-,15+,16-;;/m0../s1. The van der Waals surface area contributed by atoms with Crippen molar-refractivity contribution in [1.29, 1.82) is 0 Å². The second-order valence-corrected chi connectivity index (χ2v) is 6.06. The molecule has 2 bridgehead atoms. The predicted molar refractivity (Wildman–Crippen MR) is 82.2 cm³/mol. The van der Waals surface area contributed by atoms with E-state index in [0.717, 1.165) is 25.8 Å². The number of allylic oxidation sites excluding steroid dienone is 2. The Morgan fingerprint density at radius 1 is 1.25 bits per heavy atom. The minimum absolute atomic E-state index is 0. The number of hydrogen-bond donors (Lipinski definition) is 1. The lowest BCUT2D eigenvalue weighted by atomic mass is 9.55. The van der Waals surface area contributed by atoms with Gasteiger partial charge in [0, 0.05) is 24.2 Å². The highest BCUT2D eigenvalue weighted by molar-refractivity contribution is 5.85. The number of fused-ring (bicyclic) bond motifs is 1. The third-order valence-electron chi connectivity index (χ3n) is 5.36. The van der Waals surface area contributed by atoms with Gasteiger partial charge in [0.15, 0.2) is 0 Å². The summed E-state index contributed by atoms with van der Waals surface area (Å²) in [6, 6.07) is 9.08. The topological polar surface area (TPSA) is 59.0 Å². The Balaban J connectivity index is 0.000000735. The van der Waals surface area contributed by atoms with Crippen molar-refractivity contribution in [2.45, 2.75) is 37.1 Å². The Morgan fingerprint density at radius 3 is 2.90 bits per heavy atom. The minimum Gasteiger partial charge on any atom is -0.634 e. The van der Waals surface area contributed by atoms with Crippen LogP contribution < -0.4 is 5.06 Å². The molecule has 1 unspecified atom stereocenters. The Hall–Kier alpha value is -0.870. The van der Waals surface area contributed by atoms with Gasteiger partial charge in [0.1, 0.15) is 0 Å². The fourth-order valence-electron chi connectivity index (χ4n) is 4.59. The van der Waals surface area contributed by atoms with E-state index in [1.54, 1.807) is 0 Å². The summed E-state index contributed by atoms with van der Waals surface area (Å²) < 4.78 is 0. The molecular weight excluding hydrogens is 274 g/mol. The first kappa shape index (κ1) is 15.5. The van der Waals surface area contributed by atoms with Gasteiger partial charge in [-0.25, -0.2) is 0 Å². The van der Waals surface area contributed by atoms with Crippen LogP contribution in [-0.2, 0) is 11.8 Å². The zero-order valence-electron chi connectivity index (χ0n) is 11.5. The Labute approximate surface area is 126 Å². The zero-order valence-corrected chi connectivity index (χ0v) is 12.3. The quantitative estimate of drug-likeness (QED) is 0.567. The van der Waals surface area contributed by atoms with Crippen molar-refractivity contribution in [2.24, 2.45) is 5.92 Å². The predicted octanol–water partition coefficient (Wildman–Crippen LogP) is 1.20. The Kier molecular flexibility index (Phi) is 4.26. The molecule has 1 aromatic carbocycles. The molecule has 0 radical (unpaired) electrons. The summed E-state index contributed by atoms with van der Waals surface area (Å²) in [5.74, 6) is 0.568. The Morgan fingerprint density at radius 2 is 2.05 bits per heavy atom. The molecule has 3 nitrogen and oxygen atoms in total. The summed E-state index contributed by atoms with van der Waals surface area (Å²) in [7, 11) is 0. The van der Waals surface area contributed by atoms with E-state index in [-0.39, 0.29) is 23.3 Å². The summed E-state index contributed by atoms with van der Waals surface area (Å²) in [4.78, 5) is 0. The van der Waals surface area contributed by atoms with Crippen LogP contribution in [0.15, 0.2) is 36.4 Å². The van der Waals surface area contributed by atoms with E-state index >= 15 is 0 Å². The van der Waals surface area contributed by atoms with Crippen LogP contribution in [0.1, 0.15) is 30.4 Å². The van der Waals surface area contributed by atoms with Gasteiger partial charge >= 0.3 is 0 Å². The lowest BCUT2D eigenvalue weighted by molar-refractivity contribution is -0.889. The van der Waals surface area contributed by atoms with Crippen LogP contribution >= 0.6 is 12.4 Å². The van der Waals surface area contributed by atoms with Crippen molar-refractivity contribution in [2.75, 3.05) is 6.54 Å². The molecule has 0 saturated carbocycles. The summed E-state index contributed by atoms with van der Waals surface area (Å²) in [5.41, 5.74) is 3.11. The van der Waals surface area contributed by atoms with Crippen LogP contribution in [0.5, 0.6) is 0 Å². The van der Waals surface area contributed by atoms with Crippen molar-refractivity contribution >= 4 is 12.4 Å². The van der Waals surface area contributed by atoms with Gasteiger partial charge in [-0.2, -0.15) is 0 Å². The first-order valence-corrected chi connectivity index (χ1v) is 7.10. The number of benzene rings is 1. The Bertz CT molecular complexity index is 519. The van der Waals surface area contributed by atoms with E-state index < -0.39 is 0 Å². The molecule has 20 heavy (non-hydrogen) atoms. The van der Waals surface area contributed by atoms with Gasteiger partial charge < -0.3 is 15.7 Å². The zero-order chi connectivity index (χ0) is 12.2. The first-order valence-electron chi connectivity index (χ1n) is 7.10. The molecule has 1 fully saturated rings. The molecule has 0 amide bonds. The number of quaternary nitrogens is 1. The second kappa shape index (κ2) is 5.49. The summed E-state index contributed by atoms with van der Waals surface area (Å²) in [6.07, 6.45) is 9.12.